The van der Waals surface area contributed by atoms with Crippen LogP contribution in [0.4, 0.5) is 0 Å². The molecule has 3 rings (SSSR count). The number of benzene rings is 1. The van der Waals surface area contributed by atoms with Crippen LogP contribution < -0.4 is 15.4 Å². The molecule has 1 aliphatic rings. The summed E-state index contributed by atoms with van der Waals surface area (Å²) in [4.78, 5) is 4.80. The third-order valence-corrected chi connectivity index (χ3v) is 5.53. The molecule has 0 amide bonds. The molecule has 1 aliphatic heterocycles. The molecular weight excluding hydrogens is 388 g/mol. The number of aromatic nitrogens is 3. The highest BCUT2D eigenvalue weighted by atomic mass is 16.5. The van der Waals surface area contributed by atoms with Crippen molar-refractivity contribution in [1.82, 2.24) is 25.4 Å². The lowest BCUT2D eigenvalue weighted by atomic mass is 10.1. The second kappa shape index (κ2) is 11.7. The van der Waals surface area contributed by atoms with Crippen LogP contribution in [0.1, 0.15) is 69.2 Å². The van der Waals surface area contributed by atoms with E-state index in [1.807, 2.05) is 0 Å². The summed E-state index contributed by atoms with van der Waals surface area (Å²) >= 11 is 0. The number of aliphatic imine (C=N–C) groups is 1. The molecule has 0 saturated carbocycles. The van der Waals surface area contributed by atoms with Gasteiger partial charge in [-0.25, -0.2) is 4.99 Å². The monoisotopic (exact) mass is 426 g/mol. The van der Waals surface area contributed by atoms with Crippen LogP contribution >= 0.6 is 0 Å². The van der Waals surface area contributed by atoms with Gasteiger partial charge >= 0.3 is 0 Å². The number of hydrogen-bond acceptors (Lipinski definition) is 4. The Bertz CT molecular complexity index is 858. The zero-order valence-corrected chi connectivity index (χ0v) is 19.6. The summed E-state index contributed by atoms with van der Waals surface area (Å²) in [7, 11) is 0. The number of guanidine groups is 1. The van der Waals surface area contributed by atoms with Gasteiger partial charge in [-0.05, 0) is 50.7 Å². The molecule has 0 unspecified atom stereocenters. The van der Waals surface area contributed by atoms with Gasteiger partial charge in [-0.3, -0.25) is 0 Å². The minimum absolute atomic E-state index is 0.560. The van der Waals surface area contributed by atoms with Gasteiger partial charge in [-0.1, -0.05) is 32.4 Å². The van der Waals surface area contributed by atoms with E-state index < -0.39 is 0 Å². The van der Waals surface area contributed by atoms with Gasteiger partial charge in [0.1, 0.15) is 11.6 Å². The van der Waals surface area contributed by atoms with Crippen molar-refractivity contribution >= 4 is 5.96 Å². The maximum atomic E-state index is 6.08. The van der Waals surface area contributed by atoms with Gasteiger partial charge in [0, 0.05) is 25.1 Å². The largest absolute Gasteiger partial charge is 0.493 e. The van der Waals surface area contributed by atoms with Crippen LogP contribution in [0.25, 0.3) is 0 Å². The molecule has 2 aromatic rings. The van der Waals surface area contributed by atoms with Gasteiger partial charge in [0.25, 0.3) is 0 Å². The fourth-order valence-electron chi connectivity index (χ4n) is 3.68. The molecule has 0 atom stereocenters. The van der Waals surface area contributed by atoms with Crippen molar-refractivity contribution in [3.63, 3.8) is 0 Å². The number of nitrogens with one attached hydrogen (secondary N) is 2. The smallest absolute Gasteiger partial charge is 0.191 e. The van der Waals surface area contributed by atoms with Gasteiger partial charge in [0.05, 0.1) is 19.7 Å². The zero-order chi connectivity index (χ0) is 22.1. The lowest BCUT2D eigenvalue weighted by Crippen LogP contribution is -2.37. The Morgan fingerprint density at radius 3 is 2.87 bits per heavy atom. The number of nitrogens with zero attached hydrogens (tertiary/aromatic N) is 4. The van der Waals surface area contributed by atoms with Gasteiger partial charge in [0.15, 0.2) is 11.8 Å². The Morgan fingerprint density at radius 1 is 1.19 bits per heavy atom. The molecule has 7 nitrogen and oxygen atoms in total. The fraction of sp³-hybridized carbons (Fsp3) is 0.625. The molecule has 0 spiro atoms. The van der Waals surface area contributed by atoms with Crippen LogP contribution in [0.2, 0.25) is 0 Å². The van der Waals surface area contributed by atoms with Gasteiger partial charge in [-0.2, -0.15) is 0 Å². The highest BCUT2D eigenvalue weighted by molar-refractivity contribution is 5.79. The molecule has 2 N–H and O–H groups in total. The molecule has 2 heterocycles. The van der Waals surface area contributed by atoms with Crippen molar-refractivity contribution in [2.75, 3.05) is 13.2 Å². The standard InChI is InChI=1S/C24H38N6O/c1-5-25-24(27-17-23-29-28-22-9-7-6-8-13-30(22)23)26-16-20-11-10-19(4)15-21(20)31-14-12-18(2)3/h10-11,15,18H,5-9,12-14,16-17H2,1-4H3,(H2,25,26,27). The first-order chi connectivity index (χ1) is 15.1. The van der Waals surface area contributed by atoms with E-state index >= 15 is 0 Å². The quantitative estimate of drug-likeness (QED) is 0.468. The number of hydrogen-bond donors (Lipinski definition) is 2. The normalized spacial score (nSPS) is 14.3. The van der Waals surface area contributed by atoms with Crippen LogP contribution in [0, 0.1) is 12.8 Å². The highest BCUT2D eigenvalue weighted by Gasteiger charge is 2.15. The average Bonchev–Trinajstić information content (AvgIpc) is 2.97. The predicted molar refractivity (Wildman–Crippen MR) is 125 cm³/mol. The second-order valence-corrected chi connectivity index (χ2v) is 8.69. The number of aryl methyl sites for hydroxylation is 2. The summed E-state index contributed by atoms with van der Waals surface area (Å²) in [6, 6.07) is 6.34. The van der Waals surface area contributed by atoms with Crippen molar-refractivity contribution in [2.24, 2.45) is 10.9 Å². The molecule has 170 valence electrons. The third-order valence-electron chi connectivity index (χ3n) is 5.53. The van der Waals surface area contributed by atoms with Crippen LogP contribution in [0.15, 0.2) is 23.2 Å². The molecule has 0 saturated heterocycles. The summed E-state index contributed by atoms with van der Waals surface area (Å²) in [5, 5.41) is 15.6. The Morgan fingerprint density at radius 2 is 2.06 bits per heavy atom. The van der Waals surface area contributed by atoms with E-state index in [1.54, 1.807) is 0 Å². The molecule has 7 heteroatoms. The minimum atomic E-state index is 0.560. The van der Waals surface area contributed by atoms with Crippen LogP contribution in [0.5, 0.6) is 5.75 Å². The summed E-state index contributed by atoms with van der Waals surface area (Å²) < 4.78 is 8.35. The topological polar surface area (TPSA) is 76.4 Å². The Kier molecular flexibility index (Phi) is 8.74. The van der Waals surface area contributed by atoms with E-state index in [-0.39, 0.29) is 0 Å². The molecule has 1 aromatic heterocycles. The fourth-order valence-corrected chi connectivity index (χ4v) is 3.68. The van der Waals surface area contributed by atoms with Gasteiger partial charge in [0.2, 0.25) is 0 Å². The second-order valence-electron chi connectivity index (χ2n) is 8.69. The van der Waals surface area contributed by atoms with E-state index in [4.69, 9.17) is 9.73 Å². The summed E-state index contributed by atoms with van der Waals surface area (Å²) in [6.45, 7) is 12.3. The van der Waals surface area contributed by atoms with E-state index in [2.05, 4.69) is 71.3 Å². The first kappa shape index (κ1) is 23.1. The molecule has 1 aromatic carbocycles. The maximum absolute atomic E-state index is 6.08. The Balaban J connectivity index is 1.65. The molecule has 0 bridgehead atoms. The number of fused-ring (bicyclic) bond motifs is 1. The lowest BCUT2D eigenvalue weighted by molar-refractivity contribution is 0.287. The molecule has 0 radical (unpaired) electrons. The van der Waals surface area contributed by atoms with Crippen LogP contribution in [-0.2, 0) is 26.1 Å². The highest BCUT2D eigenvalue weighted by Crippen LogP contribution is 2.22. The van der Waals surface area contributed by atoms with Crippen LogP contribution in [-0.4, -0.2) is 33.9 Å². The first-order valence-electron chi connectivity index (χ1n) is 11.7. The minimum Gasteiger partial charge on any atom is -0.493 e. The SMILES string of the molecule is CCNC(=NCc1ccc(C)cc1OCCC(C)C)NCc1nnc2n1CCCCC2. The van der Waals surface area contributed by atoms with E-state index in [9.17, 15) is 0 Å². The van der Waals surface area contributed by atoms with Gasteiger partial charge in [-0.15, -0.1) is 10.2 Å². The van der Waals surface area contributed by atoms with Crippen LogP contribution in [0.3, 0.4) is 0 Å². The van der Waals surface area contributed by atoms with E-state index in [1.165, 1.54) is 24.8 Å². The molecule has 0 fully saturated rings. The molecule has 0 aliphatic carbocycles. The Labute approximate surface area is 186 Å². The first-order valence-corrected chi connectivity index (χ1v) is 11.7. The summed E-state index contributed by atoms with van der Waals surface area (Å²) in [5.41, 5.74) is 2.30. The van der Waals surface area contributed by atoms with Crippen molar-refractivity contribution in [3.05, 3.63) is 41.0 Å². The molecular formula is C24H38N6O. The van der Waals surface area contributed by atoms with Crippen molar-refractivity contribution in [1.29, 1.82) is 0 Å². The summed E-state index contributed by atoms with van der Waals surface area (Å²) in [6.07, 6.45) is 5.73. The van der Waals surface area contributed by atoms with E-state index in [0.29, 0.717) is 19.0 Å². The van der Waals surface area contributed by atoms with Gasteiger partial charge < -0.3 is 19.9 Å². The number of ether oxygens (including phenoxy) is 1. The summed E-state index contributed by atoms with van der Waals surface area (Å²) in [5.74, 6) is 4.43. The van der Waals surface area contributed by atoms with Crippen molar-refractivity contribution in [3.8, 4) is 5.75 Å². The van der Waals surface area contributed by atoms with E-state index in [0.717, 1.165) is 61.5 Å². The maximum Gasteiger partial charge on any atom is 0.191 e. The zero-order valence-electron chi connectivity index (χ0n) is 19.6. The van der Waals surface area contributed by atoms with Crippen molar-refractivity contribution in [2.45, 2.75) is 79.4 Å². The predicted octanol–water partition coefficient (Wildman–Crippen LogP) is 3.99. The Hall–Kier alpha value is -2.57. The number of rotatable bonds is 9. The lowest BCUT2D eigenvalue weighted by Gasteiger charge is -2.14. The van der Waals surface area contributed by atoms with Crippen molar-refractivity contribution < 1.29 is 4.74 Å². The average molecular weight is 427 g/mol. The third kappa shape index (κ3) is 6.97. The molecule has 31 heavy (non-hydrogen) atoms.